The van der Waals surface area contributed by atoms with E-state index in [1.807, 2.05) is 6.92 Å². The zero-order chi connectivity index (χ0) is 15.6. The average Bonchev–Trinajstić information content (AvgIpc) is 2.45. The molecule has 0 heterocycles. The standard InChI is InChI=1S/C16H13Cl3O2/c1-3-21-15-8-13(18)11(7-14(15)19)16(20)10-5-4-6-12(17)9(10)2/h4-8H,3H2,1-2H3. The largest absolute Gasteiger partial charge is 0.492 e. The van der Waals surface area contributed by atoms with Gasteiger partial charge in [-0.2, -0.15) is 0 Å². The zero-order valence-electron chi connectivity index (χ0n) is 11.5. The molecular weight excluding hydrogens is 331 g/mol. The van der Waals surface area contributed by atoms with Crippen LogP contribution in [0.3, 0.4) is 0 Å². The van der Waals surface area contributed by atoms with Gasteiger partial charge >= 0.3 is 0 Å². The van der Waals surface area contributed by atoms with Crippen LogP contribution in [-0.2, 0) is 0 Å². The van der Waals surface area contributed by atoms with Gasteiger partial charge in [0.05, 0.1) is 16.7 Å². The Hall–Kier alpha value is -1.22. The summed E-state index contributed by atoms with van der Waals surface area (Å²) in [6.45, 7) is 4.11. The molecular formula is C16H13Cl3O2. The Balaban J connectivity index is 2.49. The van der Waals surface area contributed by atoms with E-state index in [1.54, 1.807) is 31.2 Å². The number of rotatable bonds is 4. The summed E-state index contributed by atoms with van der Waals surface area (Å²) in [5.41, 5.74) is 1.55. The lowest BCUT2D eigenvalue weighted by atomic mass is 9.99. The van der Waals surface area contributed by atoms with E-state index in [0.717, 1.165) is 0 Å². The molecule has 0 radical (unpaired) electrons. The third-order valence-electron chi connectivity index (χ3n) is 3.08. The minimum atomic E-state index is -0.218. The van der Waals surface area contributed by atoms with Crippen molar-refractivity contribution in [3.63, 3.8) is 0 Å². The van der Waals surface area contributed by atoms with Crippen molar-refractivity contribution in [2.24, 2.45) is 0 Å². The molecule has 0 aliphatic heterocycles. The van der Waals surface area contributed by atoms with Crippen molar-refractivity contribution in [1.82, 2.24) is 0 Å². The highest BCUT2D eigenvalue weighted by atomic mass is 35.5. The van der Waals surface area contributed by atoms with Crippen LogP contribution in [0.25, 0.3) is 0 Å². The minimum Gasteiger partial charge on any atom is -0.492 e. The van der Waals surface area contributed by atoms with Crippen LogP contribution in [0, 0.1) is 6.92 Å². The van der Waals surface area contributed by atoms with Crippen molar-refractivity contribution in [2.45, 2.75) is 13.8 Å². The molecule has 2 aromatic carbocycles. The zero-order valence-corrected chi connectivity index (χ0v) is 13.8. The number of hydrogen-bond acceptors (Lipinski definition) is 2. The maximum atomic E-state index is 12.6. The Bertz CT molecular complexity index is 696. The molecule has 0 saturated carbocycles. The fourth-order valence-electron chi connectivity index (χ4n) is 1.97. The second-order valence-electron chi connectivity index (χ2n) is 4.44. The number of benzene rings is 2. The second kappa shape index (κ2) is 6.69. The van der Waals surface area contributed by atoms with Gasteiger partial charge in [-0.25, -0.2) is 0 Å². The van der Waals surface area contributed by atoms with E-state index >= 15 is 0 Å². The van der Waals surface area contributed by atoms with Crippen molar-refractivity contribution in [1.29, 1.82) is 0 Å². The van der Waals surface area contributed by atoms with E-state index < -0.39 is 0 Å². The van der Waals surface area contributed by atoms with Crippen molar-refractivity contribution in [3.05, 3.63) is 62.1 Å². The van der Waals surface area contributed by atoms with Gasteiger partial charge in [-0.1, -0.05) is 46.9 Å². The normalized spacial score (nSPS) is 10.5. The van der Waals surface area contributed by atoms with Gasteiger partial charge in [0.1, 0.15) is 5.75 Å². The van der Waals surface area contributed by atoms with Crippen molar-refractivity contribution < 1.29 is 9.53 Å². The molecule has 0 fully saturated rings. The first-order valence-corrected chi connectivity index (χ1v) is 7.50. The highest BCUT2D eigenvalue weighted by Gasteiger charge is 2.18. The Morgan fingerprint density at radius 3 is 2.43 bits per heavy atom. The van der Waals surface area contributed by atoms with Gasteiger partial charge in [0, 0.05) is 22.2 Å². The Kier molecular flexibility index (Phi) is 5.15. The SMILES string of the molecule is CCOc1cc(Cl)c(C(=O)c2cccc(Cl)c2C)cc1Cl. The van der Waals surface area contributed by atoms with Gasteiger partial charge in [-0.15, -0.1) is 0 Å². The van der Waals surface area contributed by atoms with Gasteiger partial charge in [0.15, 0.2) is 5.78 Å². The van der Waals surface area contributed by atoms with E-state index in [2.05, 4.69) is 0 Å². The maximum absolute atomic E-state index is 12.6. The van der Waals surface area contributed by atoms with Gasteiger partial charge in [0.2, 0.25) is 0 Å². The van der Waals surface area contributed by atoms with E-state index in [9.17, 15) is 4.79 Å². The van der Waals surface area contributed by atoms with Gasteiger partial charge in [0.25, 0.3) is 0 Å². The molecule has 0 unspecified atom stereocenters. The predicted octanol–water partition coefficient (Wildman–Crippen LogP) is 5.58. The molecule has 5 heteroatoms. The first kappa shape index (κ1) is 16.2. The number of ketones is 1. The van der Waals surface area contributed by atoms with Crippen LogP contribution in [0.2, 0.25) is 15.1 Å². The fourth-order valence-corrected chi connectivity index (χ4v) is 2.60. The quantitative estimate of drug-likeness (QED) is 0.677. The molecule has 2 nitrogen and oxygen atoms in total. The lowest BCUT2D eigenvalue weighted by Gasteiger charge is -2.11. The summed E-state index contributed by atoms with van der Waals surface area (Å²) in [6, 6.07) is 8.26. The summed E-state index contributed by atoms with van der Waals surface area (Å²) in [5, 5.41) is 1.19. The van der Waals surface area contributed by atoms with Gasteiger partial charge in [-0.3, -0.25) is 4.79 Å². The molecule has 0 aliphatic rings. The van der Waals surface area contributed by atoms with Crippen LogP contribution in [-0.4, -0.2) is 12.4 Å². The highest BCUT2D eigenvalue weighted by Crippen LogP contribution is 2.33. The van der Waals surface area contributed by atoms with E-state index in [0.29, 0.717) is 44.1 Å². The van der Waals surface area contributed by atoms with Crippen LogP contribution in [0.4, 0.5) is 0 Å². The van der Waals surface area contributed by atoms with Crippen LogP contribution in [0.1, 0.15) is 28.4 Å². The van der Waals surface area contributed by atoms with Crippen LogP contribution < -0.4 is 4.74 Å². The van der Waals surface area contributed by atoms with Crippen molar-refractivity contribution in [2.75, 3.05) is 6.61 Å². The molecule has 0 saturated heterocycles. The summed E-state index contributed by atoms with van der Waals surface area (Å²) in [6.07, 6.45) is 0. The maximum Gasteiger partial charge on any atom is 0.194 e. The van der Waals surface area contributed by atoms with E-state index in [-0.39, 0.29) is 5.78 Å². The predicted molar refractivity (Wildman–Crippen MR) is 87.3 cm³/mol. The lowest BCUT2D eigenvalue weighted by Crippen LogP contribution is -2.05. The first-order chi connectivity index (χ1) is 9.95. The van der Waals surface area contributed by atoms with Crippen LogP contribution in [0.5, 0.6) is 5.75 Å². The average molecular weight is 344 g/mol. The van der Waals surface area contributed by atoms with Gasteiger partial charge in [-0.05, 0) is 31.5 Å². The van der Waals surface area contributed by atoms with Crippen LogP contribution >= 0.6 is 34.8 Å². The van der Waals surface area contributed by atoms with E-state index in [4.69, 9.17) is 39.5 Å². The summed E-state index contributed by atoms with van der Waals surface area (Å²) in [5.74, 6) is 0.244. The Labute approximate surface area is 138 Å². The number of carbonyl (C=O) groups excluding carboxylic acids is 1. The molecule has 0 atom stereocenters. The third kappa shape index (κ3) is 3.34. The third-order valence-corrected chi connectivity index (χ3v) is 4.10. The summed E-state index contributed by atoms with van der Waals surface area (Å²) in [4.78, 5) is 12.6. The summed E-state index contributed by atoms with van der Waals surface area (Å²) in [7, 11) is 0. The van der Waals surface area contributed by atoms with Crippen molar-refractivity contribution >= 4 is 40.6 Å². The molecule has 0 N–H and O–H groups in total. The molecule has 2 rings (SSSR count). The number of ether oxygens (including phenoxy) is 1. The number of carbonyl (C=O) groups is 1. The monoisotopic (exact) mass is 342 g/mol. The lowest BCUT2D eigenvalue weighted by molar-refractivity contribution is 0.103. The smallest absolute Gasteiger partial charge is 0.194 e. The molecule has 0 aromatic heterocycles. The fraction of sp³-hybridized carbons (Fsp3) is 0.188. The van der Waals surface area contributed by atoms with E-state index in [1.165, 1.54) is 6.07 Å². The Morgan fingerprint density at radius 1 is 1.05 bits per heavy atom. The Morgan fingerprint density at radius 2 is 1.76 bits per heavy atom. The van der Waals surface area contributed by atoms with Crippen LogP contribution in [0.15, 0.2) is 30.3 Å². The molecule has 21 heavy (non-hydrogen) atoms. The molecule has 0 bridgehead atoms. The summed E-state index contributed by atoms with van der Waals surface area (Å²) < 4.78 is 5.35. The van der Waals surface area contributed by atoms with Gasteiger partial charge < -0.3 is 4.74 Å². The highest BCUT2D eigenvalue weighted by molar-refractivity contribution is 6.38. The molecule has 110 valence electrons. The van der Waals surface area contributed by atoms with Crippen molar-refractivity contribution in [3.8, 4) is 5.75 Å². The number of halogens is 3. The molecule has 0 aliphatic carbocycles. The number of hydrogen-bond donors (Lipinski definition) is 0. The molecule has 2 aromatic rings. The molecule has 0 amide bonds. The topological polar surface area (TPSA) is 26.3 Å². The summed E-state index contributed by atoms with van der Waals surface area (Å²) >= 11 is 18.4. The minimum absolute atomic E-state index is 0.218. The molecule has 0 spiro atoms. The second-order valence-corrected chi connectivity index (χ2v) is 5.66. The first-order valence-electron chi connectivity index (χ1n) is 6.37.